The Morgan fingerprint density at radius 2 is 1.57 bits per heavy atom. The summed E-state index contributed by atoms with van der Waals surface area (Å²) in [7, 11) is -2.41. The van der Waals surface area contributed by atoms with Crippen molar-refractivity contribution in [3.8, 4) is 5.75 Å². The van der Waals surface area contributed by atoms with Crippen LogP contribution >= 0.6 is 0 Å². The van der Waals surface area contributed by atoms with Crippen molar-refractivity contribution in [2.24, 2.45) is 5.92 Å². The fourth-order valence-corrected chi connectivity index (χ4v) is 4.05. The highest BCUT2D eigenvalue weighted by atomic mass is 32.2. The van der Waals surface area contributed by atoms with E-state index in [2.05, 4.69) is 15.6 Å². The van der Waals surface area contributed by atoms with Crippen LogP contribution in [-0.4, -0.2) is 33.4 Å². The third-order valence-corrected chi connectivity index (χ3v) is 6.11. The van der Waals surface area contributed by atoms with Crippen molar-refractivity contribution in [3.05, 3.63) is 59.2 Å². The maximum atomic E-state index is 12.7. The smallest absolute Gasteiger partial charge is 0.269 e. The molecule has 3 N–H and O–H groups in total. The molecule has 0 aliphatic carbocycles. The van der Waals surface area contributed by atoms with Gasteiger partial charge >= 0.3 is 0 Å². The zero-order valence-electron chi connectivity index (χ0n) is 17.6. The van der Waals surface area contributed by atoms with Crippen LogP contribution in [0, 0.1) is 19.8 Å². The number of sulfonamides is 1. The fraction of sp³-hybridized carbons (Fsp3) is 0.333. The van der Waals surface area contributed by atoms with Gasteiger partial charge < -0.3 is 4.74 Å². The molecular weight excluding hydrogens is 406 g/mol. The average Bonchev–Trinajstić information content (AvgIpc) is 2.71. The first-order chi connectivity index (χ1) is 14.0. The number of benzene rings is 2. The maximum Gasteiger partial charge on any atom is 0.269 e. The number of carbonyl (C=O) groups excluding carboxylic acids is 2. The number of rotatable bonds is 7. The van der Waals surface area contributed by atoms with E-state index in [-0.39, 0.29) is 10.8 Å². The topological polar surface area (TPSA) is 114 Å². The van der Waals surface area contributed by atoms with E-state index < -0.39 is 27.9 Å². The lowest BCUT2D eigenvalue weighted by molar-refractivity contribution is -0.124. The molecule has 1 atom stereocenters. The number of hydrogen-bond acceptors (Lipinski definition) is 5. The first-order valence-corrected chi connectivity index (χ1v) is 10.9. The summed E-state index contributed by atoms with van der Waals surface area (Å²) < 4.78 is 33.0. The average molecular weight is 434 g/mol. The van der Waals surface area contributed by atoms with Crippen LogP contribution < -0.4 is 20.3 Å². The van der Waals surface area contributed by atoms with Gasteiger partial charge in [0, 0.05) is 5.56 Å². The molecule has 0 unspecified atom stereocenters. The van der Waals surface area contributed by atoms with Gasteiger partial charge in [0.1, 0.15) is 11.8 Å². The molecule has 9 heteroatoms. The highest BCUT2D eigenvalue weighted by molar-refractivity contribution is 7.89. The van der Waals surface area contributed by atoms with Gasteiger partial charge in [-0.25, -0.2) is 8.42 Å². The zero-order valence-corrected chi connectivity index (χ0v) is 18.5. The molecule has 2 amide bonds. The molecule has 2 rings (SSSR count). The van der Waals surface area contributed by atoms with E-state index in [9.17, 15) is 18.0 Å². The van der Waals surface area contributed by atoms with Gasteiger partial charge in [-0.15, -0.1) is 0 Å². The number of methoxy groups -OCH3 is 1. The molecule has 2 aromatic rings. The van der Waals surface area contributed by atoms with Gasteiger partial charge in [-0.2, -0.15) is 4.72 Å². The Balaban J connectivity index is 2.08. The molecule has 0 saturated heterocycles. The van der Waals surface area contributed by atoms with Crippen LogP contribution in [0.3, 0.4) is 0 Å². The van der Waals surface area contributed by atoms with Gasteiger partial charge in [-0.1, -0.05) is 19.9 Å². The lowest BCUT2D eigenvalue weighted by atomic mass is 10.1. The third-order valence-electron chi connectivity index (χ3n) is 4.67. The minimum absolute atomic E-state index is 0.0753. The first-order valence-electron chi connectivity index (χ1n) is 9.39. The maximum absolute atomic E-state index is 12.7. The lowest BCUT2D eigenvalue weighted by Gasteiger charge is -2.22. The van der Waals surface area contributed by atoms with E-state index in [1.807, 2.05) is 13.8 Å². The fourth-order valence-electron chi connectivity index (χ4n) is 2.62. The second kappa shape index (κ2) is 9.73. The second-order valence-corrected chi connectivity index (χ2v) is 8.97. The molecule has 8 nitrogen and oxygen atoms in total. The van der Waals surface area contributed by atoms with Crippen LogP contribution in [0.1, 0.15) is 35.3 Å². The number of hydrogen-bond donors (Lipinski definition) is 3. The molecule has 0 radical (unpaired) electrons. The molecule has 0 fully saturated rings. The molecule has 0 aliphatic heterocycles. The number of aryl methyl sites for hydroxylation is 2. The van der Waals surface area contributed by atoms with Crippen LogP contribution in [0.15, 0.2) is 47.4 Å². The summed E-state index contributed by atoms with van der Waals surface area (Å²) in [5.74, 6) is -0.967. The molecule has 162 valence electrons. The molecule has 0 heterocycles. The van der Waals surface area contributed by atoms with E-state index in [1.165, 1.54) is 13.2 Å². The lowest BCUT2D eigenvalue weighted by Crippen LogP contribution is -2.54. The molecule has 0 aromatic heterocycles. The van der Waals surface area contributed by atoms with Gasteiger partial charge in [0.15, 0.2) is 0 Å². The van der Waals surface area contributed by atoms with Crippen molar-refractivity contribution in [1.29, 1.82) is 0 Å². The number of hydrazine groups is 1. The van der Waals surface area contributed by atoms with E-state index in [0.29, 0.717) is 11.3 Å². The number of amides is 2. The summed E-state index contributed by atoms with van der Waals surface area (Å²) in [6.45, 7) is 7.11. The SMILES string of the molecule is COc1ccc(C(=O)NNC(=O)[C@@H](NS(=O)(=O)c2ccc(C)c(C)c2)C(C)C)cc1. The predicted octanol–water partition coefficient (Wildman–Crippen LogP) is 2.08. The Hall–Kier alpha value is -2.91. The number of ether oxygens (including phenoxy) is 1. The van der Waals surface area contributed by atoms with Gasteiger partial charge in [0.05, 0.1) is 12.0 Å². The van der Waals surface area contributed by atoms with Crippen molar-refractivity contribution in [1.82, 2.24) is 15.6 Å². The molecule has 0 spiro atoms. The molecule has 0 bridgehead atoms. The van der Waals surface area contributed by atoms with Gasteiger partial charge in [-0.05, 0) is 67.3 Å². The predicted molar refractivity (Wildman–Crippen MR) is 113 cm³/mol. The Labute approximate surface area is 177 Å². The minimum Gasteiger partial charge on any atom is -0.497 e. The van der Waals surface area contributed by atoms with Crippen molar-refractivity contribution in [2.75, 3.05) is 7.11 Å². The van der Waals surface area contributed by atoms with Crippen molar-refractivity contribution < 1.29 is 22.7 Å². The normalized spacial score (nSPS) is 12.3. The van der Waals surface area contributed by atoms with Crippen LogP contribution in [-0.2, 0) is 14.8 Å². The van der Waals surface area contributed by atoms with E-state index in [4.69, 9.17) is 4.74 Å². The van der Waals surface area contributed by atoms with Crippen molar-refractivity contribution >= 4 is 21.8 Å². The second-order valence-electron chi connectivity index (χ2n) is 7.26. The summed E-state index contributed by atoms with van der Waals surface area (Å²) in [5, 5.41) is 0. The number of nitrogens with one attached hydrogen (secondary N) is 3. The van der Waals surface area contributed by atoms with Gasteiger partial charge in [-0.3, -0.25) is 20.4 Å². The standard InChI is InChI=1S/C21H27N3O5S/c1-13(2)19(24-30(27,28)18-11-6-14(3)15(4)12-18)21(26)23-22-20(25)16-7-9-17(29-5)10-8-16/h6-13,19,24H,1-5H3,(H,22,25)(H,23,26)/t19-/m0/s1. The third kappa shape index (κ3) is 5.80. The Morgan fingerprint density at radius 3 is 2.10 bits per heavy atom. The van der Waals surface area contributed by atoms with Gasteiger partial charge in [0.25, 0.3) is 11.8 Å². The van der Waals surface area contributed by atoms with Crippen LogP contribution in [0.2, 0.25) is 0 Å². The summed E-state index contributed by atoms with van der Waals surface area (Å²) in [6.07, 6.45) is 0. The van der Waals surface area contributed by atoms with E-state index >= 15 is 0 Å². The Kier molecular flexibility index (Phi) is 7.58. The highest BCUT2D eigenvalue weighted by Crippen LogP contribution is 2.16. The summed E-state index contributed by atoms with van der Waals surface area (Å²) in [6, 6.07) is 10.0. The number of carbonyl (C=O) groups is 2. The molecular formula is C21H27N3O5S. The van der Waals surface area contributed by atoms with Gasteiger partial charge in [0.2, 0.25) is 10.0 Å². The van der Waals surface area contributed by atoms with Crippen molar-refractivity contribution in [3.63, 3.8) is 0 Å². The van der Waals surface area contributed by atoms with Crippen LogP contribution in [0.5, 0.6) is 5.75 Å². The Bertz CT molecular complexity index is 1020. The summed E-state index contributed by atoms with van der Waals surface area (Å²) in [4.78, 5) is 24.9. The van der Waals surface area contributed by atoms with E-state index in [0.717, 1.165) is 11.1 Å². The largest absolute Gasteiger partial charge is 0.497 e. The molecule has 2 aromatic carbocycles. The first kappa shape index (κ1) is 23.4. The molecule has 0 aliphatic rings. The Morgan fingerprint density at radius 1 is 0.933 bits per heavy atom. The minimum atomic E-state index is -3.92. The van der Waals surface area contributed by atoms with Crippen molar-refractivity contribution in [2.45, 2.75) is 38.6 Å². The zero-order chi connectivity index (χ0) is 22.5. The summed E-state index contributed by atoms with van der Waals surface area (Å²) >= 11 is 0. The molecule has 0 saturated carbocycles. The van der Waals surface area contributed by atoms with Crippen LogP contribution in [0.25, 0.3) is 0 Å². The monoisotopic (exact) mass is 433 g/mol. The quantitative estimate of drug-likeness (QED) is 0.579. The van der Waals surface area contributed by atoms with E-state index in [1.54, 1.807) is 50.2 Å². The van der Waals surface area contributed by atoms with Crippen LogP contribution in [0.4, 0.5) is 0 Å². The molecule has 30 heavy (non-hydrogen) atoms. The highest BCUT2D eigenvalue weighted by Gasteiger charge is 2.29. The summed E-state index contributed by atoms with van der Waals surface area (Å²) in [5.41, 5.74) is 6.70.